The molecule has 120 valence electrons. The molecule has 1 saturated heterocycles. The van der Waals surface area contributed by atoms with Crippen LogP contribution in [0.25, 0.3) is 5.65 Å². The normalized spacial score (nSPS) is 16.3. The molecule has 2 aromatic rings. The fourth-order valence-corrected chi connectivity index (χ4v) is 2.68. The molecule has 0 saturated carbocycles. The molecule has 3 rings (SSSR count). The third-order valence-corrected chi connectivity index (χ3v) is 4.07. The lowest BCUT2D eigenvalue weighted by atomic mass is 10.3. The van der Waals surface area contributed by atoms with Crippen molar-refractivity contribution in [1.29, 1.82) is 0 Å². The first-order valence-corrected chi connectivity index (χ1v) is 7.65. The third-order valence-electron chi connectivity index (χ3n) is 4.07. The van der Waals surface area contributed by atoms with Crippen LogP contribution in [0.1, 0.15) is 17.8 Å². The molecule has 0 radical (unpaired) electrons. The molecular weight excluding hydrogens is 284 g/mol. The summed E-state index contributed by atoms with van der Waals surface area (Å²) in [5.41, 5.74) is 1.97. The van der Waals surface area contributed by atoms with Crippen LogP contribution in [0.3, 0.4) is 0 Å². The third kappa shape index (κ3) is 2.97. The molecule has 0 spiro atoms. The Labute approximate surface area is 128 Å². The summed E-state index contributed by atoms with van der Waals surface area (Å²) >= 11 is 0. The van der Waals surface area contributed by atoms with Gasteiger partial charge in [-0.1, -0.05) is 0 Å². The van der Waals surface area contributed by atoms with Crippen LogP contribution in [0, 0.1) is 13.8 Å². The Morgan fingerprint density at radius 3 is 2.86 bits per heavy atom. The SMILES string of the molecule is Cc1nc(NCCCN2CCOCC2)c2n[nH]c(=O)n2c1C. The number of H-pyrrole nitrogens is 1. The Morgan fingerprint density at radius 2 is 2.09 bits per heavy atom. The van der Waals surface area contributed by atoms with E-state index in [0.29, 0.717) is 11.5 Å². The van der Waals surface area contributed by atoms with Gasteiger partial charge < -0.3 is 10.1 Å². The molecule has 0 aromatic carbocycles. The standard InChI is InChI=1S/C14H22N6O2/c1-10-11(2)20-13(17-18-14(20)21)12(16-10)15-4-3-5-19-6-8-22-9-7-19/h3-9H2,1-2H3,(H,15,16)(H,18,21). The molecule has 3 heterocycles. The number of rotatable bonds is 5. The van der Waals surface area contributed by atoms with Crippen LogP contribution in [-0.2, 0) is 4.74 Å². The van der Waals surface area contributed by atoms with Crippen molar-refractivity contribution in [3.05, 3.63) is 21.9 Å². The number of aromatic nitrogens is 4. The number of anilines is 1. The maximum Gasteiger partial charge on any atom is 0.348 e. The van der Waals surface area contributed by atoms with E-state index in [2.05, 4.69) is 25.4 Å². The molecule has 0 amide bonds. The van der Waals surface area contributed by atoms with Crippen molar-refractivity contribution in [2.75, 3.05) is 44.7 Å². The van der Waals surface area contributed by atoms with Crippen LogP contribution in [0.4, 0.5) is 5.82 Å². The maximum atomic E-state index is 11.8. The molecule has 8 heteroatoms. The highest BCUT2D eigenvalue weighted by Gasteiger charge is 2.13. The number of hydrogen-bond donors (Lipinski definition) is 2. The summed E-state index contributed by atoms with van der Waals surface area (Å²) in [6.07, 6.45) is 1.01. The minimum atomic E-state index is -0.227. The predicted octanol–water partition coefficient (Wildman–Crippen LogP) is 0.169. The van der Waals surface area contributed by atoms with Crippen LogP contribution in [0.5, 0.6) is 0 Å². The van der Waals surface area contributed by atoms with Crippen molar-refractivity contribution in [3.63, 3.8) is 0 Å². The highest BCUT2D eigenvalue weighted by molar-refractivity contribution is 5.62. The molecule has 8 nitrogen and oxygen atoms in total. The van der Waals surface area contributed by atoms with Gasteiger partial charge in [-0.2, -0.15) is 0 Å². The van der Waals surface area contributed by atoms with Gasteiger partial charge in [0.1, 0.15) is 0 Å². The summed E-state index contributed by atoms with van der Waals surface area (Å²) in [5.74, 6) is 0.656. The molecule has 0 aliphatic carbocycles. The average molecular weight is 306 g/mol. The smallest absolute Gasteiger partial charge is 0.348 e. The van der Waals surface area contributed by atoms with Crippen LogP contribution in [0.2, 0.25) is 0 Å². The highest BCUT2D eigenvalue weighted by Crippen LogP contribution is 2.14. The summed E-state index contributed by atoms with van der Waals surface area (Å²) in [6, 6.07) is 0. The summed E-state index contributed by atoms with van der Waals surface area (Å²) in [7, 11) is 0. The summed E-state index contributed by atoms with van der Waals surface area (Å²) < 4.78 is 6.90. The number of nitrogens with zero attached hydrogens (tertiary/aromatic N) is 4. The van der Waals surface area contributed by atoms with E-state index in [0.717, 1.165) is 57.2 Å². The van der Waals surface area contributed by atoms with Gasteiger partial charge in [-0.3, -0.25) is 4.90 Å². The summed E-state index contributed by atoms with van der Waals surface area (Å²) in [4.78, 5) is 18.7. The van der Waals surface area contributed by atoms with Crippen LogP contribution in [-0.4, -0.2) is 63.9 Å². The summed E-state index contributed by atoms with van der Waals surface area (Å²) in [5, 5.41) is 9.84. The lowest BCUT2D eigenvalue weighted by Crippen LogP contribution is -2.37. The second kappa shape index (κ2) is 6.45. The van der Waals surface area contributed by atoms with Gasteiger partial charge in [0.25, 0.3) is 0 Å². The molecule has 22 heavy (non-hydrogen) atoms. The molecule has 0 atom stereocenters. The second-order valence-corrected chi connectivity index (χ2v) is 5.55. The van der Waals surface area contributed by atoms with E-state index in [1.807, 2.05) is 13.8 Å². The van der Waals surface area contributed by atoms with E-state index in [4.69, 9.17) is 4.74 Å². The number of hydrogen-bond acceptors (Lipinski definition) is 6. The number of aryl methyl sites for hydroxylation is 2. The van der Waals surface area contributed by atoms with E-state index in [1.54, 1.807) is 4.40 Å². The Bertz CT molecular complexity index is 701. The van der Waals surface area contributed by atoms with Gasteiger partial charge in [-0.15, -0.1) is 5.10 Å². The van der Waals surface area contributed by atoms with Crippen molar-refractivity contribution in [2.24, 2.45) is 0 Å². The minimum absolute atomic E-state index is 0.227. The van der Waals surface area contributed by atoms with Crippen LogP contribution in [0.15, 0.2) is 4.79 Å². The minimum Gasteiger partial charge on any atom is -0.379 e. The first-order valence-electron chi connectivity index (χ1n) is 7.65. The van der Waals surface area contributed by atoms with Crippen molar-refractivity contribution in [3.8, 4) is 0 Å². The Balaban J connectivity index is 1.64. The lowest BCUT2D eigenvalue weighted by Gasteiger charge is -2.26. The number of fused-ring (bicyclic) bond motifs is 1. The number of morpholine rings is 1. The molecule has 2 N–H and O–H groups in total. The van der Waals surface area contributed by atoms with E-state index in [-0.39, 0.29) is 5.69 Å². The molecule has 2 aromatic heterocycles. The van der Waals surface area contributed by atoms with E-state index < -0.39 is 0 Å². The topological polar surface area (TPSA) is 87.5 Å². The monoisotopic (exact) mass is 306 g/mol. The zero-order chi connectivity index (χ0) is 15.5. The first kappa shape index (κ1) is 15.0. The molecule has 1 fully saturated rings. The molecule has 1 aliphatic rings. The average Bonchev–Trinajstić information content (AvgIpc) is 2.92. The van der Waals surface area contributed by atoms with E-state index in [1.165, 1.54) is 0 Å². The van der Waals surface area contributed by atoms with Gasteiger partial charge >= 0.3 is 5.69 Å². The predicted molar refractivity (Wildman–Crippen MR) is 83.4 cm³/mol. The number of ether oxygens (including phenoxy) is 1. The zero-order valence-electron chi connectivity index (χ0n) is 13.1. The van der Waals surface area contributed by atoms with E-state index in [9.17, 15) is 4.79 Å². The van der Waals surface area contributed by atoms with Crippen molar-refractivity contribution in [2.45, 2.75) is 20.3 Å². The lowest BCUT2D eigenvalue weighted by molar-refractivity contribution is 0.0378. The molecule has 1 aliphatic heterocycles. The Hall–Kier alpha value is -1.93. The highest BCUT2D eigenvalue weighted by atomic mass is 16.5. The van der Waals surface area contributed by atoms with Gasteiger partial charge in [0.05, 0.1) is 18.9 Å². The number of nitrogens with one attached hydrogen (secondary N) is 2. The van der Waals surface area contributed by atoms with Crippen molar-refractivity contribution < 1.29 is 4.74 Å². The quantitative estimate of drug-likeness (QED) is 0.766. The maximum absolute atomic E-state index is 11.8. The van der Waals surface area contributed by atoms with Crippen molar-refractivity contribution in [1.82, 2.24) is 24.5 Å². The van der Waals surface area contributed by atoms with E-state index >= 15 is 0 Å². The zero-order valence-corrected chi connectivity index (χ0v) is 13.1. The fraction of sp³-hybridized carbons (Fsp3) is 0.643. The van der Waals surface area contributed by atoms with Gasteiger partial charge in [0, 0.05) is 25.3 Å². The number of aromatic amines is 1. The fourth-order valence-electron chi connectivity index (χ4n) is 2.68. The van der Waals surface area contributed by atoms with Crippen LogP contribution < -0.4 is 11.0 Å². The Morgan fingerprint density at radius 1 is 1.32 bits per heavy atom. The molecular formula is C14H22N6O2. The van der Waals surface area contributed by atoms with Gasteiger partial charge in [-0.25, -0.2) is 19.3 Å². The molecule has 0 bridgehead atoms. The first-order chi connectivity index (χ1) is 10.7. The largest absolute Gasteiger partial charge is 0.379 e. The van der Waals surface area contributed by atoms with Gasteiger partial charge in [-0.05, 0) is 26.8 Å². The summed E-state index contributed by atoms with van der Waals surface area (Å²) in [6.45, 7) is 9.24. The Kier molecular flexibility index (Phi) is 4.39. The second-order valence-electron chi connectivity index (χ2n) is 5.55. The molecule has 0 unspecified atom stereocenters. The van der Waals surface area contributed by atoms with Crippen molar-refractivity contribution >= 4 is 11.5 Å². The van der Waals surface area contributed by atoms with Gasteiger partial charge in [0.15, 0.2) is 5.82 Å². The van der Waals surface area contributed by atoms with Gasteiger partial charge in [0.2, 0.25) is 5.65 Å². The van der Waals surface area contributed by atoms with Crippen LogP contribution >= 0.6 is 0 Å².